The Balaban J connectivity index is 1.43. The number of hydrogen-bond donors (Lipinski definition) is 2. The van der Waals surface area contributed by atoms with Crippen LogP contribution in [0.1, 0.15) is 34.1 Å². The summed E-state index contributed by atoms with van der Waals surface area (Å²) in [7, 11) is -4.11. The van der Waals surface area contributed by atoms with Crippen molar-refractivity contribution in [2.24, 2.45) is 0 Å². The number of benzene rings is 2. The van der Waals surface area contributed by atoms with Crippen molar-refractivity contribution in [3.05, 3.63) is 64.7 Å². The van der Waals surface area contributed by atoms with E-state index >= 15 is 0 Å². The summed E-state index contributed by atoms with van der Waals surface area (Å²) in [5.74, 6) is -2.36. The summed E-state index contributed by atoms with van der Waals surface area (Å²) in [6.07, 6.45) is 2.18. The molecule has 0 bridgehead atoms. The number of carbonyl (C=O) groups excluding carboxylic acids is 1. The lowest BCUT2D eigenvalue weighted by atomic mass is 10.2. The first-order chi connectivity index (χ1) is 13.8. The maximum absolute atomic E-state index is 13.3. The van der Waals surface area contributed by atoms with Crippen LogP contribution in [0.25, 0.3) is 0 Å². The van der Waals surface area contributed by atoms with E-state index in [2.05, 4.69) is 20.2 Å². The highest BCUT2D eigenvalue weighted by atomic mass is 32.2. The molecule has 2 N–H and O–H groups in total. The number of nitrogens with one attached hydrogen (secondary N) is 2. The number of rotatable bonds is 6. The lowest BCUT2D eigenvalue weighted by Crippen LogP contribution is -2.14. The highest BCUT2D eigenvalue weighted by Crippen LogP contribution is 2.42. The van der Waals surface area contributed by atoms with E-state index in [4.69, 9.17) is 0 Å². The zero-order valence-electron chi connectivity index (χ0n) is 14.7. The molecule has 1 fully saturated rings. The smallest absolute Gasteiger partial charge is 0.261 e. The number of anilines is 2. The molecule has 1 aliphatic carbocycles. The molecule has 7 nitrogen and oxygen atoms in total. The molecule has 0 radical (unpaired) electrons. The summed E-state index contributed by atoms with van der Waals surface area (Å²) in [5.41, 5.74) is 0.460. The molecule has 0 unspecified atom stereocenters. The molecule has 0 spiro atoms. The fourth-order valence-electron chi connectivity index (χ4n) is 2.50. The van der Waals surface area contributed by atoms with Crippen molar-refractivity contribution in [1.29, 1.82) is 0 Å². The van der Waals surface area contributed by atoms with E-state index in [1.54, 1.807) is 0 Å². The number of amides is 1. The number of nitrogens with zero attached hydrogens (tertiary/aromatic N) is 2. The Kier molecular flexibility index (Phi) is 5.01. The van der Waals surface area contributed by atoms with Gasteiger partial charge >= 0.3 is 0 Å². The van der Waals surface area contributed by atoms with Crippen molar-refractivity contribution in [2.45, 2.75) is 23.7 Å². The zero-order valence-corrected chi connectivity index (χ0v) is 16.4. The Labute approximate surface area is 168 Å². The van der Waals surface area contributed by atoms with Crippen molar-refractivity contribution in [2.75, 3.05) is 10.0 Å². The lowest BCUT2D eigenvalue weighted by molar-refractivity contribution is 0.102. The van der Waals surface area contributed by atoms with Crippen LogP contribution < -0.4 is 10.0 Å². The summed E-state index contributed by atoms with van der Waals surface area (Å²) in [6, 6.07) is 7.93. The van der Waals surface area contributed by atoms with Crippen LogP contribution in [0, 0.1) is 11.6 Å². The summed E-state index contributed by atoms with van der Waals surface area (Å²) >= 11 is 1.33. The van der Waals surface area contributed by atoms with Gasteiger partial charge in [-0.05, 0) is 55.3 Å². The van der Waals surface area contributed by atoms with E-state index in [9.17, 15) is 22.0 Å². The summed E-state index contributed by atoms with van der Waals surface area (Å²) < 4.78 is 53.1. The van der Waals surface area contributed by atoms with Crippen LogP contribution in [0.3, 0.4) is 0 Å². The molecule has 3 aromatic rings. The quantitative estimate of drug-likeness (QED) is 0.613. The van der Waals surface area contributed by atoms with E-state index in [1.807, 2.05) is 0 Å². The fourth-order valence-corrected chi connectivity index (χ4v) is 4.47. The average molecular weight is 436 g/mol. The Morgan fingerprint density at radius 1 is 1.03 bits per heavy atom. The predicted molar refractivity (Wildman–Crippen MR) is 103 cm³/mol. The lowest BCUT2D eigenvalue weighted by Gasteiger charge is -2.09. The standard InChI is InChI=1S/C18H14F2N4O3S2/c19-14-8-7-13(9-15(14)20)29(26,27)24-12-5-3-10(4-6-12)16(25)21-18-23-22-17(28-18)11-1-2-11/h3-9,11,24H,1-2H2,(H,21,23,25). The van der Waals surface area contributed by atoms with Crippen LogP contribution in [0.15, 0.2) is 47.4 Å². The molecule has 0 aliphatic heterocycles. The van der Waals surface area contributed by atoms with Crippen molar-refractivity contribution in [3.63, 3.8) is 0 Å². The molecule has 1 heterocycles. The largest absolute Gasteiger partial charge is 0.296 e. The first kappa shape index (κ1) is 19.4. The van der Waals surface area contributed by atoms with Gasteiger partial charge in [-0.2, -0.15) is 0 Å². The molecule has 150 valence electrons. The molecular formula is C18H14F2N4O3S2. The third-order valence-corrected chi connectivity index (χ3v) is 6.57. The first-order valence-electron chi connectivity index (χ1n) is 8.54. The number of aromatic nitrogens is 2. The van der Waals surface area contributed by atoms with Gasteiger partial charge in [-0.15, -0.1) is 10.2 Å². The molecule has 0 saturated heterocycles. The van der Waals surface area contributed by atoms with E-state index in [1.165, 1.54) is 35.6 Å². The van der Waals surface area contributed by atoms with Crippen molar-refractivity contribution >= 4 is 38.1 Å². The molecule has 0 atom stereocenters. The summed E-state index contributed by atoms with van der Waals surface area (Å²) in [6.45, 7) is 0. The van der Waals surface area contributed by atoms with Gasteiger partial charge in [0.2, 0.25) is 5.13 Å². The van der Waals surface area contributed by atoms with Gasteiger partial charge in [0, 0.05) is 17.2 Å². The Morgan fingerprint density at radius 2 is 1.76 bits per heavy atom. The van der Waals surface area contributed by atoms with Crippen LogP contribution in [0.4, 0.5) is 19.6 Å². The molecule has 4 rings (SSSR count). The molecule has 1 saturated carbocycles. The van der Waals surface area contributed by atoms with Gasteiger partial charge in [-0.3, -0.25) is 14.8 Å². The number of carbonyl (C=O) groups is 1. The highest BCUT2D eigenvalue weighted by molar-refractivity contribution is 7.92. The molecule has 11 heteroatoms. The predicted octanol–water partition coefficient (Wildman–Crippen LogP) is 3.75. The maximum Gasteiger partial charge on any atom is 0.261 e. The second-order valence-electron chi connectivity index (χ2n) is 6.43. The molecule has 1 aliphatic rings. The van der Waals surface area contributed by atoms with Gasteiger partial charge in [0.25, 0.3) is 15.9 Å². The second kappa shape index (κ2) is 7.48. The fraction of sp³-hybridized carbons (Fsp3) is 0.167. The normalized spacial score (nSPS) is 13.9. The van der Waals surface area contributed by atoms with Crippen molar-refractivity contribution in [1.82, 2.24) is 10.2 Å². The second-order valence-corrected chi connectivity index (χ2v) is 9.12. The Morgan fingerprint density at radius 3 is 2.41 bits per heavy atom. The molecule has 29 heavy (non-hydrogen) atoms. The average Bonchev–Trinajstić information content (AvgIpc) is 3.43. The van der Waals surface area contributed by atoms with E-state index in [-0.39, 0.29) is 5.69 Å². The van der Waals surface area contributed by atoms with E-state index < -0.39 is 32.5 Å². The van der Waals surface area contributed by atoms with Crippen molar-refractivity contribution in [3.8, 4) is 0 Å². The van der Waals surface area contributed by atoms with Crippen LogP contribution >= 0.6 is 11.3 Å². The van der Waals surface area contributed by atoms with Gasteiger partial charge < -0.3 is 0 Å². The van der Waals surface area contributed by atoms with Gasteiger partial charge in [0.1, 0.15) is 5.01 Å². The number of halogens is 2. The van der Waals surface area contributed by atoms with Gasteiger partial charge in [-0.25, -0.2) is 17.2 Å². The summed E-state index contributed by atoms with van der Waals surface area (Å²) in [4.78, 5) is 11.9. The van der Waals surface area contributed by atoms with Crippen LogP contribution in [-0.2, 0) is 10.0 Å². The van der Waals surface area contributed by atoms with Crippen LogP contribution in [-0.4, -0.2) is 24.5 Å². The third kappa shape index (κ3) is 4.40. The van der Waals surface area contributed by atoms with Gasteiger partial charge in [0.15, 0.2) is 11.6 Å². The highest BCUT2D eigenvalue weighted by Gasteiger charge is 2.27. The minimum atomic E-state index is -4.11. The molecular weight excluding hydrogens is 422 g/mol. The first-order valence-corrected chi connectivity index (χ1v) is 10.8. The topological polar surface area (TPSA) is 101 Å². The van der Waals surface area contributed by atoms with Crippen LogP contribution in [0.2, 0.25) is 0 Å². The van der Waals surface area contributed by atoms with E-state index in [0.29, 0.717) is 22.7 Å². The number of hydrogen-bond acceptors (Lipinski definition) is 6. The van der Waals surface area contributed by atoms with Gasteiger partial charge in [0.05, 0.1) is 4.90 Å². The third-order valence-electron chi connectivity index (χ3n) is 4.19. The zero-order chi connectivity index (χ0) is 20.6. The monoisotopic (exact) mass is 436 g/mol. The molecule has 2 aromatic carbocycles. The minimum Gasteiger partial charge on any atom is -0.296 e. The van der Waals surface area contributed by atoms with Crippen molar-refractivity contribution < 1.29 is 22.0 Å². The molecule has 1 amide bonds. The molecule has 1 aromatic heterocycles. The minimum absolute atomic E-state index is 0.165. The van der Waals surface area contributed by atoms with Gasteiger partial charge in [-0.1, -0.05) is 11.3 Å². The maximum atomic E-state index is 13.3. The Hall–Kier alpha value is -2.92. The van der Waals surface area contributed by atoms with E-state index in [0.717, 1.165) is 30.0 Å². The number of sulfonamides is 1. The Bertz CT molecular complexity index is 1180. The summed E-state index contributed by atoms with van der Waals surface area (Å²) in [5, 5.41) is 12.0. The SMILES string of the molecule is O=C(Nc1nnc(C2CC2)s1)c1ccc(NS(=O)(=O)c2ccc(F)c(F)c2)cc1. The van der Waals surface area contributed by atoms with Crippen LogP contribution in [0.5, 0.6) is 0 Å².